The van der Waals surface area contributed by atoms with Gasteiger partial charge < -0.3 is 9.47 Å². The maximum absolute atomic E-state index is 6.10. The Morgan fingerprint density at radius 1 is 1.00 bits per heavy atom. The Morgan fingerprint density at radius 3 is 2.38 bits per heavy atom. The van der Waals surface area contributed by atoms with Gasteiger partial charge in [0.25, 0.3) is 0 Å². The fraction of sp³-hybridized carbons (Fsp3) is 0.294. The van der Waals surface area contributed by atoms with Crippen molar-refractivity contribution in [1.29, 1.82) is 0 Å². The molecule has 1 heterocycles. The van der Waals surface area contributed by atoms with Crippen molar-refractivity contribution in [1.82, 2.24) is 0 Å². The lowest BCUT2D eigenvalue weighted by Crippen LogP contribution is -2.29. The predicted octanol–water partition coefficient (Wildman–Crippen LogP) is 4.46. The first-order chi connectivity index (χ1) is 10.2. The maximum Gasteiger partial charge on any atom is 0.209 e. The largest absolute Gasteiger partial charge is 0.342 e. The molecule has 1 aliphatic carbocycles. The standard InChI is InChI=1S/C17H14BrClO2/c18-14-2-4-16-12(9-14)7-11-8-13(1-3-15(11)16)17(10-19)20-5-6-21-17/h1-4,8-9H,5-7,10H2. The lowest BCUT2D eigenvalue weighted by Gasteiger charge is -2.25. The van der Waals surface area contributed by atoms with Gasteiger partial charge >= 0.3 is 0 Å². The zero-order chi connectivity index (χ0) is 14.4. The highest BCUT2D eigenvalue weighted by Crippen LogP contribution is 2.41. The Morgan fingerprint density at radius 2 is 1.67 bits per heavy atom. The SMILES string of the molecule is ClCC1(c2ccc3c(c2)Cc2cc(Br)ccc2-3)OCCO1. The highest BCUT2D eigenvalue weighted by molar-refractivity contribution is 9.10. The van der Waals surface area contributed by atoms with E-state index in [0.717, 1.165) is 16.5 Å². The molecule has 1 fully saturated rings. The van der Waals surface area contributed by atoms with Crippen LogP contribution < -0.4 is 0 Å². The molecule has 1 aliphatic heterocycles. The molecule has 0 atom stereocenters. The molecule has 0 amide bonds. The average molecular weight is 366 g/mol. The second-order valence-corrected chi connectivity index (χ2v) is 6.62. The van der Waals surface area contributed by atoms with Crippen LogP contribution in [0.25, 0.3) is 11.1 Å². The summed E-state index contributed by atoms with van der Waals surface area (Å²) in [6.07, 6.45) is 0.941. The monoisotopic (exact) mass is 364 g/mol. The lowest BCUT2D eigenvalue weighted by atomic mass is 9.99. The third-order valence-corrected chi connectivity index (χ3v) is 5.06. The Balaban J connectivity index is 1.78. The highest BCUT2D eigenvalue weighted by atomic mass is 79.9. The van der Waals surface area contributed by atoms with Crippen LogP contribution in [0.15, 0.2) is 40.9 Å². The van der Waals surface area contributed by atoms with Gasteiger partial charge in [-0.3, -0.25) is 0 Å². The molecule has 1 saturated heterocycles. The summed E-state index contributed by atoms with van der Waals surface area (Å²) in [6.45, 7) is 1.19. The lowest BCUT2D eigenvalue weighted by molar-refractivity contribution is -0.146. The number of halogens is 2. The van der Waals surface area contributed by atoms with Gasteiger partial charge in [-0.1, -0.05) is 34.1 Å². The molecule has 2 aliphatic rings. The average Bonchev–Trinajstić information content (AvgIpc) is 3.10. The third kappa shape index (κ3) is 2.15. The zero-order valence-electron chi connectivity index (χ0n) is 11.4. The summed E-state index contributed by atoms with van der Waals surface area (Å²) in [5.74, 6) is -0.462. The Hall–Kier alpha value is -0.870. The summed E-state index contributed by atoms with van der Waals surface area (Å²) in [5, 5.41) is 0. The number of fused-ring (bicyclic) bond motifs is 3. The van der Waals surface area contributed by atoms with Gasteiger partial charge in [0.1, 0.15) is 0 Å². The molecule has 4 heteroatoms. The van der Waals surface area contributed by atoms with E-state index in [1.54, 1.807) is 0 Å². The molecular formula is C17H14BrClO2. The van der Waals surface area contributed by atoms with E-state index < -0.39 is 5.79 Å². The number of benzene rings is 2. The van der Waals surface area contributed by atoms with Gasteiger partial charge in [-0.25, -0.2) is 0 Å². The summed E-state index contributed by atoms with van der Waals surface area (Å²) in [7, 11) is 0. The van der Waals surface area contributed by atoms with E-state index >= 15 is 0 Å². The van der Waals surface area contributed by atoms with Crippen LogP contribution in [0.1, 0.15) is 16.7 Å². The summed E-state index contributed by atoms with van der Waals surface area (Å²) in [6, 6.07) is 12.9. The predicted molar refractivity (Wildman–Crippen MR) is 86.7 cm³/mol. The van der Waals surface area contributed by atoms with Gasteiger partial charge in [-0.15, -0.1) is 11.6 Å². The van der Waals surface area contributed by atoms with Crippen LogP contribution in [0.4, 0.5) is 0 Å². The molecule has 2 aromatic carbocycles. The molecule has 108 valence electrons. The van der Waals surface area contributed by atoms with Gasteiger partial charge in [-0.2, -0.15) is 0 Å². The van der Waals surface area contributed by atoms with Gasteiger partial charge in [-0.05, 0) is 46.9 Å². The minimum Gasteiger partial charge on any atom is -0.342 e. The normalized spacial score (nSPS) is 18.6. The summed E-state index contributed by atoms with van der Waals surface area (Å²) in [5.41, 5.74) is 6.28. The van der Waals surface area contributed by atoms with E-state index in [4.69, 9.17) is 21.1 Å². The fourth-order valence-electron chi connectivity index (χ4n) is 3.19. The van der Waals surface area contributed by atoms with E-state index in [-0.39, 0.29) is 0 Å². The first-order valence-electron chi connectivity index (χ1n) is 6.98. The second kappa shape index (κ2) is 5.10. The number of hydrogen-bond donors (Lipinski definition) is 0. The molecule has 0 radical (unpaired) electrons. The van der Waals surface area contributed by atoms with Gasteiger partial charge in [0.05, 0.1) is 19.1 Å². The molecule has 0 spiro atoms. The Kier molecular flexibility index (Phi) is 3.34. The van der Waals surface area contributed by atoms with Crippen molar-refractivity contribution < 1.29 is 9.47 Å². The number of ether oxygens (including phenoxy) is 2. The molecule has 2 aromatic rings. The van der Waals surface area contributed by atoms with Crippen LogP contribution in [-0.2, 0) is 21.7 Å². The van der Waals surface area contributed by atoms with Crippen molar-refractivity contribution >= 4 is 27.5 Å². The van der Waals surface area contributed by atoms with Crippen molar-refractivity contribution in [2.45, 2.75) is 12.2 Å². The molecule has 4 rings (SSSR count). The number of hydrogen-bond acceptors (Lipinski definition) is 2. The second-order valence-electron chi connectivity index (χ2n) is 5.43. The number of alkyl halides is 1. The highest BCUT2D eigenvalue weighted by Gasteiger charge is 2.38. The summed E-state index contributed by atoms with van der Waals surface area (Å²) >= 11 is 9.64. The maximum atomic E-state index is 6.10. The quantitative estimate of drug-likeness (QED) is 0.624. The Bertz CT molecular complexity index is 708. The van der Waals surface area contributed by atoms with E-state index in [9.17, 15) is 0 Å². The Labute approximate surface area is 137 Å². The van der Waals surface area contributed by atoms with Crippen LogP contribution in [0.5, 0.6) is 0 Å². The molecule has 2 nitrogen and oxygen atoms in total. The van der Waals surface area contributed by atoms with Crippen LogP contribution in [0.2, 0.25) is 0 Å². The van der Waals surface area contributed by atoms with Crippen molar-refractivity contribution in [2.75, 3.05) is 19.1 Å². The van der Waals surface area contributed by atoms with Crippen molar-refractivity contribution in [3.63, 3.8) is 0 Å². The molecule has 0 bridgehead atoms. The van der Waals surface area contributed by atoms with Crippen LogP contribution in [0.3, 0.4) is 0 Å². The van der Waals surface area contributed by atoms with Crippen molar-refractivity contribution in [2.24, 2.45) is 0 Å². The van der Waals surface area contributed by atoms with Crippen molar-refractivity contribution in [3.8, 4) is 11.1 Å². The molecule has 0 aromatic heterocycles. The van der Waals surface area contributed by atoms with E-state index in [1.165, 1.54) is 22.3 Å². The molecule has 0 unspecified atom stereocenters. The summed E-state index contributed by atoms with van der Waals surface area (Å²) < 4.78 is 12.7. The molecule has 21 heavy (non-hydrogen) atoms. The van der Waals surface area contributed by atoms with Crippen LogP contribution >= 0.6 is 27.5 Å². The minimum atomic E-state index is -0.772. The first-order valence-corrected chi connectivity index (χ1v) is 8.31. The fourth-order valence-corrected chi connectivity index (χ4v) is 3.91. The molecule has 0 saturated carbocycles. The third-order valence-electron chi connectivity index (χ3n) is 4.21. The summed E-state index contributed by atoms with van der Waals surface area (Å²) in [4.78, 5) is 0. The van der Waals surface area contributed by atoms with Gasteiger partial charge in [0.2, 0.25) is 5.79 Å². The van der Waals surface area contributed by atoms with Gasteiger partial charge in [0.15, 0.2) is 0 Å². The van der Waals surface area contributed by atoms with Crippen LogP contribution in [0, 0.1) is 0 Å². The number of rotatable bonds is 2. The van der Waals surface area contributed by atoms with Crippen LogP contribution in [-0.4, -0.2) is 19.1 Å². The van der Waals surface area contributed by atoms with E-state index in [2.05, 4.69) is 52.3 Å². The molecular weight excluding hydrogens is 352 g/mol. The van der Waals surface area contributed by atoms with E-state index in [1.807, 2.05) is 0 Å². The smallest absolute Gasteiger partial charge is 0.209 e. The molecule has 0 N–H and O–H groups in total. The first kappa shape index (κ1) is 13.8. The topological polar surface area (TPSA) is 18.5 Å². The van der Waals surface area contributed by atoms with E-state index in [0.29, 0.717) is 19.1 Å². The van der Waals surface area contributed by atoms with Gasteiger partial charge in [0, 0.05) is 10.0 Å². The van der Waals surface area contributed by atoms with Crippen molar-refractivity contribution in [3.05, 3.63) is 57.6 Å². The minimum absolute atomic E-state index is 0.310. The zero-order valence-corrected chi connectivity index (χ0v) is 13.7.